The van der Waals surface area contributed by atoms with Crippen LogP contribution < -0.4 is 10.1 Å². The maximum atomic E-state index is 11.8. The van der Waals surface area contributed by atoms with Gasteiger partial charge in [0.05, 0.1) is 0 Å². The van der Waals surface area contributed by atoms with E-state index in [4.69, 9.17) is 9.47 Å². The zero-order valence-electron chi connectivity index (χ0n) is 14.0. The van der Waals surface area contributed by atoms with E-state index in [1.54, 1.807) is 68.3 Å². The highest BCUT2D eigenvalue weighted by Crippen LogP contribution is 2.26. The fourth-order valence-electron chi connectivity index (χ4n) is 1.89. The molecule has 0 spiro atoms. The molecule has 2 aromatic heterocycles. The molecule has 0 unspecified atom stereocenters. The summed E-state index contributed by atoms with van der Waals surface area (Å²) >= 11 is 1.13. The number of nitrogens with one attached hydrogen (secondary N) is 1. The Morgan fingerprint density at radius 3 is 2.88 bits per heavy atom. The van der Waals surface area contributed by atoms with E-state index in [2.05, 4.69) is 19.7 Å². The molecule has 2 heterocycles. The van der Waals surface area contributed by atoms with Crippen LogP contribution in [-0.2, 0) is 4.74 Å². The van der Waals surface area contributed by atoms with Gasteiger partial charge in [-0.2, -0.15) is 4.98 Å². The van der Waals surface area contributed by atoms with Gasteiger partial charge < -0.3 is 9.47 Å². The van der Waals surface area contributed by atoms with E-state index in [0.29, 0.717) is 22.6 Å². The van der Waals surface area contributed by atoms with Gasteiger partial charge in [0.15, 0.2) is 0 Å². The summed E-state index contributed by atoms with van der Waals surface area (Å²) in [7, 11) is 0. The number of carbonyl (C=O) groups is 1. The van der Waals surface area contributed by atoms with Gasteiger partial charge in [-0.1, -0.05) is 6.07 Å². The number of nitrogens with zero attached hydrogens (tertiary/aromatic N) is 4. The first-order valence-corrected chi connectivity index (χ1v) is 8.26. The van der Waals surface area contributed by atoms with Crippen LogP contribution in [0.2, 0.25) is 0 Å². The second-order valence-corrected chi connectivity index (χ2v) is 6.80. The van der Waals surface area contributed by atoms with Crippen molar-refractivity contribution in [1.29, 1.82) is 0 Å². The molecule has 1 aromatic carbocycles. The van der Waals surface area contributed by atoms with Crippen LogP contribution >= 0.6 is 11.5 Å². The quantitative estimate of drug-likeness (QED) is 0.760. The van der Waals surface area contributed by atoms with Gasteiger partial charge in [-0.25, -0.2) is 9.78 Å². The topological polar surface area (TPSA) is 91.2 Å². The van der Waals surface area contributed by atoms with Crippen molar-refractivity contribution in [1.82, 2.24) is 18.9 Å². The van der Waals surface area contributed by atoms with Gasteiger partial charge in [0.1, 0.15) is 17.7 Å². The maximum absolute atomic E-state index is 11.8. The minimum absolute atomic E-state index is 0.387. The van der Waals surface area contributed by atoms with Gasteiger partial charge in [0, 0.05) is 35.7 Å². The van der Waals surface area contributed by atoms with Gasteiger partial charge in [-0.05, 0) is 32.9 Å². The fraction of sp³-hybridized carbons (Fsp3) is 0.250. The number of hydrogen-bond acceptors (Lipinski definition) is 7. The molecule has 9 heteroatoms. The van der Waals surface area contributed by atoms with Gasteiger partial charge in [0.25, 0.3) is 5.19 Å². The van der Waals surface area contributed by atoms with Crippen LogP contribution in [0.4, 0.5) is 10.5 Å². The van der Waals surface area contributed by atoms with Gasteiger partial charge in [0.2, 0.25) is 5.95 Å². The monoisotopic (exact) mass is 359 g/mol. The molecule has 0 bridgehead atoms. The molecule has 0 saturated carbocycles. The van der Waals surface area contributed by atoms with Crippen LogP contribution in [-0.4, -0.2) is 30.6 Å². The van der Waals surface area contributed by atoms with Crippen molar-refractivity contribution in [2.75, 3.05) is 5.32 Å². The molecule has 3 rings (SSSR count). The van der Waals surface area contributed by atoms with Gasteiger partial charge in [-0.15, -0.1) is 4.37 Å². The Morgan fingerprint density at radius 2 is 2.16 bits per heavy atom. The summed E-state index contributed by atoms with van der Waals surface area (Å²) in [5.74, 6) is 1.02. The number of amides is 1. The molecule has 3 aromatic rings. The Labute approximate surface area is 148 Å². The molecule has 0 aliphatic rings. The van der Waals surface area contributed by atoms with Crippen LogP contribution in [0.25, 0.3) is 5.95 Å². The molecule has 0 fully saturated rings. The zero-order chi connectivity index (χ0) is 17.9. The molecule has 0 aliphatic heterocycles. The van der Waals surface area contributed by atoms with Crippen molar-refractivity contribution in [3.63, 3.8) is 0 Å². The van der Waals surface area contributed by atoms with Gasteiger partial charge in [-0.3, -0.25) is 9.88 Å². The molecule has 1 amide bonds. The Kier molecular flexibility index (Phi) is 4.66. The summed E-state index contributed by atoms with van der Waals surface area (Å²) in [6.07, 6.45) is 4.48. The number of benzene rings is 1. The molecule has 0 aliphatic carbocycles. The summed E-state index contributed by atoms with van der Waals surface area (Å²) in [6.45, 7) is 5.41. The first-order chi connectivity index (χ1) is 11.9. The molecule has 130 valence electrons. The summed E-state index contributed by atoms with van der Waals surface area (Å²) in [4.78, 5) is 20.1. The van der Waals surface area contributed by atoms with E-state index in [1.165, 1.54) is 0 Å². The summed E-state index contributed by atoms with van der Waals surface area (Å²) in [6, 6.07) is 6.95. The Balaban J connectivity index is 1.67. The first-order valence-electron chi connectivity index (χ1n) is 7.49. The SMILES string of the molecule is CC(C)(C)OC(=O)Nc1cccc(Oc2nc(-n3ccnc3)ns2)c1. The van der Waals surface area contributed by atoms with E-state index >= 15 is 0 Å². The minimum atomic E-state index is -0.561. The number of imidazole rings is 1. The van der Waals surface area contributed by atoms with E-state index in [9.17, 15) is 4.79 Å². The largest absolute Gasteiger partial charge is 0.444 e. The smallest absolute Gasteiger partial charge is 0.412 e. The van der Waals surface area contributed by atoms with Crippen LogP contribution in [0.5, 0.6) is 10.9 Å². The number of aromatic nitrogens is 4. The number of hydrogen-bond donors (Lipinski definition) is 1. The van der Waals surface area contributed by atoms with Crippen LogP contribution in [0.15, 0.2) is 43.0 Å². The summed E-state index contributed by atoms with van der Waals surface area (Å²) in [5, 5.41) is 3.05. The maximum Gasteiger partial charge on any atom is 0.412 e. The normalized spacial score (nSPS) is 11.2. The molecule has 0 saturated heterocycles. The lowest BCUT2D eigenvalue weighted by atomic mass is 10.2. The average molecular weight is 359 g/mol. The molecule has 0 radical (unpaired) electrons. The third kappa shape index (κ3) is 4.77. The van der Waals surface area contributed by atoms with Crippen molar-refractivity contribution < 1.29 is 14.3 Å². The summed E-state index contributed by atoms with van der Waals surface area (Å²) in [5.41, 5.74) is 0.000165. The fourth-order valence-corrected chi connectivity index (χ4v) is 2.44. The van der Waals surface area contributed by atoms with Crippen molar-refractivity contribution in [2.24, 2.45) is 0 Å². The molecule has 8 nitrogen and oxygen atoms in total. The van der Waals surface area contributed by atoms with Crippen molar-refractivity contribution >= 4 is 23.3 Å². The average Bonchev–Trinajstić information content (AvgIpc) is 3.16. The number of anilines is 1. The van der Waals surface area contributed by atoms with E-state index in [-0.39, 0.29) is 0 Å². The lowest BCUT2D eigenvalue weighted by Gasteiger charge is -2.19. The number of rotatable bonds is 4. The van der Waals surface area contributed by atoms with E-state index in [0.717, 1.165) is 11.5 Å². The van der Waals surface area contributed by atoms with Crippen molar-refractivity contribution in [3.8, 4) is 16.9 Å². The highest BCUT2D eigenvalue weighted by atomic mass is 32.1. The highest BCUT2D eigenvalue weighted by Gasteiger charge is 2.16. The highest BCUT2D eigenvalue weighted by molar-refractivity contribution is 7.07. The standard InChI is InChI=1S/C16H17N5O3S/c1-16(2,3)24-14(22)18-11-5-4-6-12(9-11)23-15-19-13(20-25-15)21-8-7-17-10-21/h4-10H,1-3H3,(H,18,22). The third-order valence-electron chi connectivity index (χ3n) is 2.82. The lowest BCUT2D eigenvalue weighted by molar-refractivity contribution is 0.0636. The zero-order valence-corrected chi connectivity index (χ0v) is 14.8. The van der Waals surface area contributed by atoms with Crippen LogP contribution in [0.1, 0.15) is 20.8 Å². The first kappa shape index (κ1) is 16.9. The van der Waals surface area contributed by atoms with E-state index in [1.807, 2.05) is 0 Å². The molecular formula is C16H17N5O3S. The Morgan fingerprint density at radius 1 is 1.32 bits per heavy atom. The van der Waals surface area contributed by atoms with Crippen LogP contribution in [0, 0.1) is 0 Å². The number of carbonyl (C=O) groups excluding carboxylic acids is 1. The Bertz CT molecular complexity index is 855. The lowest BCUT2D eigenvalue weighted by Crippen LogP contribution is -2.27. The molecule has 25 heavy (non-hydrogen) atoms. The number of ether oxygens (including phenoxy) is 2. The van der Waals surface area contributed by atoms with E-state index < -0.39 is 11.7 Å². The molecule has 0 atom stereocenters. The minimum Gasteiger partial charge on any atom is -0.444 e. The second kappa shape index (κ2) is 6.89. The second-order valence-electron chi connectivity index (χ2n) is 6.09. The predicted octanol–water partition coefficient (Wildman–Crippen LogP) is 3.86. The Hall–Kier alpha value is -2.94. The van der Waals surface area contributed by atoms with Gasteiger partial charge >= 0.3 is 6.09 Å². The third-order valence-corrected chi connectivity index (χ3v) is 3.40. The van der Waals surface area contributed by atoms with Crippen molar-refractivity contribution in [3.05, 3.63) is 43.0 Å². The predicted molar refractivity (Wildman–Crippen MR) is 93.4 cm³/mol. The van der Waals surface area contributed by atoms with Crippen LogP contribution in [0.3, 0.4) is 0 Å². The van der Waals surface area contributed by atoms with Crippen molar-refractivity contribution in [2.45, 2.75) is 26.4 Å². The summed E-state index contributed by atoms with van der Waals surface area (Å²) < 4.78 is 16.8. The molecular weight excluding hydrogens is 342 g/mol. The molecule has 1 N–H and O–H groups in total.